The topological polar surface area (TPSA) is 73.9 Å². The second kappa shape index (κ2) is 8.46. The Morgan fingerprint density at radius 1 is 1.22 bits per heavy atom. The highest BCUT2D eigenvalue weighted by molar-refractivity contribution is 5.90. The Balaban J connectivity index is 1.50. The standard InChI is InChI=1S/C21H27NO5/c1-13-5-4-6-17(14(13)2)22-21(24)15(3)27-20(23)10-8-16-7-9-18-19(11-16)26-12-25-18/h7-11,13-15,17H,4-6,12H2,1-3H3,(H,22,24)/b10-8+/t13-,14-,15-,17-/m1/s1. The average molecular weight is 373 g/mol. The fourth-order valence-corrected chi connectivity index (χ4v) is 3.53. The van der Waals surface area contributed by atoms with Gasteiger partial charge in [0.15, 0.2) is 17.6 Å². The molecule has 1 aliphatic heterocycles. The average Bonchev–Trinajstić information content (AvgIpc) is 3.11. The monoisotopic (exact) mass is 373 g/mol. The molecule has 146 valence electrons. The molecule has 1 heterocycles. The molecule has 4 atom stereocenters. The molecular formula is C21H27NO5. The van der Waals surface area contributed by atoms with Crippen LogP contribution in [0.25, 0.3) is 6.08 Å². The van der Waals surface area contributed by atoms with E-state index in [2.05, 4.69) is 19.2 Å². The summed E-state index contributed by atoms with van der Waals surface area (Å²) < 4.78 is 15.8. The molecular weight excluding hydrogens is 346 g/mol. The van der Waals surface area contributed by atoms with Crippen molar-refractivity contribution >= 4 is 18.0 Å². The lowest BCUT2D eigenvalue weighted by molar-refractivity contribution is -0.150. The number of rotatable bonds is 5. The summed E-state index contributed by atoms with van der Waals surface area (Å²) in [4.78, 5) is 24.4. The molecule has 1 N–H and O–H groups in total. The van der Waals surface area contributed by atoms with Crippen LogP contribution in [0.4, 0.5) is 0 Å². The van der Waals surface area contributed by atoms with E-state index < -0.39 is 12.1 Å². The summed E-state index contributed by atoms with van der Waals surface area (Å²) in [6.45, 7) is 6.18. The molecule has 6 nitrogen and oxygen atoms in total. The molecule has 1 aliphatic carbocycles. The molecule has 6 heteroatoms. The first-order valence-electron chi connectivity index (χ1n) is 9.52. The van der Waals surface area contributed by atoms with E-state index in [1.54, 1.807) is 25.1 Å². The number of benzene rings is 1. The van der Waals surface area contributed by atoms with E-state index in [0.29, 0.717) is 23.3 Å². The van der Waals surface area contributed by atoms with Crippen molar-refractivity contribution < 1.29 is 23.8 Å². The first-order chi connectivity index (χ1) is 12.9. The van der Waals surface area contributed by atoms with E-state index in [1.165, 1.54) is 12.5 Å². The summed E-state index contributed by atoms with van der Waals surface area (Å²) >= 11 is 0. The Morgan fingerprint density at radius 2 is 2.00 bits per heavy atom. The minimum atomic E-state index is -0.830. The Labute approximate surface area is 159 Å². The highest BCUT2D eigenvalue weighted by Crippen LogP contribution is 2.33. The lowest BCUT2D eigenvalue weighted by Crippen LogP contribution is -2.47. The molecule has 0 radical (unpaired) electrons. The highest BCUT2D eigenvalue weighted by atomic mass is 16.7. The fourth-order valence-electron chi connectivity index (χ4n) is 3.53. The predicted octanol–water partition coefficient (Wildman–Crippen LogP) is 3.30. The smallest absolute Gasteiger partial charge is 0.331 e. The van der Waals surface area contributed by atoms with Crippen LogP contribution in [-0.4, -0.2) is 30.8 Å². The highest BCUT2D eigenvalue weighted by Gasteiger charge is 2.29. The van der Waals surface area contributed by atoms with Crippen LogP contribution < -0.4 is 14.8 Å². The first kappa shape index (κ1) is 19.3. The fraction of sp³-hybridized carbons (Fsp3) is 0.524. The molecule has 0 bridgehead atoms. The molecule has 0 unspecified atom stereocenters. The Kier molecular flexibility index (Phi) is 6.04. The van der Waals surface area contributed by atoms with Gasteiger partial charge in [-0.15, -0.1) is 0 Å². The van der Waals surface area contributed by atoms with Crippen LogP contribution in [0.2, 0.25) is 0 Å². The maximum Gasteiger partial charge on any atom is 0.331 e. The summed E-state index contributed by atoms with van der Waals surface area (Å²) in [5, 5.41) is 3.04. The number of hydrogen-bond donors (Lipinski definition) is 1. The van der Waals surface area contributed by atoms with Gasteiger partial charge >= 0.3 is 5.97 Å². The first-order valence-corrected chi connectivity index (χ1v) is 9.52. The van der Waals surface area contributed by atoms with Gasteiger partial charge in [-0.1, -0.05) is 32.8 Å². The van der Waals surface area contributed by atoms with E-state index in [1.807, 2.05) is 6.07 Å². The van der Waals surface area contributed by atoms with Gasteiger partial charge in [0.25, 0.3) is 5.91 Å². The van der Waals surface area contributed by atoms with Gasteiger partial charge in [0, 0.05) is 12.1 Å². The minimum Gasteiger partial charge on any atom is -0.454 e. The molecule has 1 amide bonds. The zero-order valence-electron chi connectivity index (χ0n) is 16.1. The van der Waals surface area contributed by atoms with Crippen molar-refractivity contribution in [3.63, 3.8) is 0 Å². The molecule has 1 fully saturated rings. The zero-order chi connectivity index (χ0) is 19.4. The van der Waals surface area contributed by atoms with Gasteiger partial charge in [0.2, 0.25) is 6.79 Å². The van der Waals surface area contributed by atoms with E-state index >= 15 is 0 Å². The van der Waals surface area contributed by atoms with Crippen LogP contribution in [0.15, 0.2) is 24.3 Å². The Morgan fingerprint density at radius 3 is 2.81 bits per heavy atom. The molecule has 1 saturated carbocycles. The van der Waals surface area contributed by atoms with E-state index in [0.717, 1.165) is 18.4 Å². The third-order valence-electron chi connectivity index (χ3n) is 5.51. The van der Waals surface area contributed by atoms with Crippen LogP contribution >= 0.6 is 0 Å². The number of amides is 1. The van der Waals surface area contributed by atoms with Crippen molar-refractivity contribution in [2.75, 3.05) is 6.79 Å². The molecule has 0 aromatic heterocycles. The third-order valence-corrected chi connectivity index (χ3v) is 5.51. The SMILES string of the molecule is C[C@@H]1[C@H](C)CCC[C@H]1NC(=O)[C@@H](C)OC(=O)/C=C/c1ccc2c(c1)OCO2. The van der Waals surface area contributed by atoms with Gasteiger partial charge in [-0.05, 0) is 49.0 Å². The number of fused-ring (bicyclic) bond motifs is 1. The lowest BCUT2D eigenvalue weighted by atomic mass is 9.78. The number of hydrogen-bond acceptors (Lipinski definition) is 5. The number of ether oxygens (including phenoxy) is 3. The summed E-state index contributed by atoms with van der Waals surface area (Å²) in [6.07, 6.45) is 5.39. The van der Waals surface area contributed by atoms with Gasteiger partial charge in [-0.3, -0.25) is 4.79 Å². The number of nitrogens with one attached hydrogen (secondary N) is 1. The molecule has 2 aliphatic rings. The summed E-state index contributed by atoms with van der Waals surface area (Å²) in [7, 11) is 0. The van der Waals surface area contributed by atoms with Crippen LogP contribution in [0.5, 0.6) is 11.5 Å². The Bertz CT molecular complexity index is 729. The van der Waals surface area contributed by atoms with E-state index in [4.69, 9.17) is 14.2 Å². The van der Waals surface area contributed by atoms with E-state index in [9.17, 15) is 9.59 Å². The zero-order valence-corrected chi connectivity index (χ0v) is 16.1. The maximum atomic E-state index is 12.4. The number of esters is 1. The van der Waals surface area contributed by atoms with Crippen molar-refractivity contribution in [1.82, 2.24) is 5.32 Å². The van der Waals surface area contributed by atoms with Gasteiger partial charge in [-0.2, -0.15) is 0 Å². The summed E-state index contributed by atoms with van der Waals surface area (Å²) in [5.74, 6) is 1.55. The quantitative estimate of drug-likeness (QED) is 0.633. The molecule has 3 rings (SSSR count). The number of carbonyl (C=O) groups excluding carboxylic acids is 2. The van der Waals surface area contributed by atoms with Gasteiger partial charge < -0.3 is 19.5 Å². The summed E-state index contributed by atoms with van der Waals surface area (Å²) in [6, 6.07) is 5.54. The Hall–Kier alpha value is -2.50. The normalized spacial score (nSPS) is 25.2. The van der Waals surface area contributed by atoms with Crippen LogP contribution in [-0.2, 0) is 14.3 Å². The third kappa shape index (κ3) is 4.81. The maximum absolute atomic E-state index is 12.4. The van der Waals surface area contributed by atoms with Gasteiger partial charge in [0.1, 0.15) is 0 Å². The van der Waals surface area contributed by atoms with Crippen LogP contribution in [0.1, 0.15) is 45.6 Å². The van der Waals surface area contributed by atoms with Crippen LogP contribution in [0.3, 0.4) is 0 Å². The molecule has 0 saturated heterocycles. The van der Waals surface area contributed by atoms with Crippen molar-refractivity contribution in [2.45, 2.75) is 52.2 Å². The predicted molar refractivity (Wildman–Crippen MR) is 101 cm³/mol. The van der Waals surface area contributed by atoms with Gasteiger partial charge in [-0.25, -0.2) is 4.79 Å². The van der Waals surface area contributed by atoms with Crippen molar-refractivity contribution in [3.8, 4) is 11.5 Å². The van der Waals surface area contributed by atoms with E-state index in [-0.39, 0.29) is 18.7 Å². The lowest BCUT2D eigenvalue weighted by Gasteiger charge is -2.35. The number of carbonyl (C=O) groups is 2. The van der Waals surface area contributed by atoms with Gasteiger partial charge in [0.05, 0.1) is 0 Å². The second-order valence-electron chi connectivity index (χ2n) is 7.41. The minimum absolute atomic E-state index is 0.145. The molecule has 1 aromatic rings. The largest absolute Gasteiger partial charge is 0.454 e. The summed E-state index contributed by atoms with van der Waals surface area (Å²) in [5.41, 5.74) is 0.790. The van der Waals surface area contributed by atoms with Crippen molar-refractivity contribution in [2.24, 2.45) is 11.8 Å². The molecule has 27 heavy (non-hydrogen) atoms. The van der Waals surface area contributed by atoms with Crippen molar-refractivity contribution in [1.29, 1.82) is 0 Å². The van der Waals surface area contributed by atoms with Crippen molar-refractivity contribution in [3.05, 3.63) is 29.8 Å². The molecule has 1 aromatic carbocycles. The second-order valence-corrected chi connectivity index (χ2v) is 7.41. The van der Waals surface area contributed by atoms with Crippen LogP contribution in [0, 0.1) is 11.8 Å². The molecule has 0 spiro atoms.